The normalized spacial score (nSPS) is 20.2. The first kappa shape index (κ1) is 20.6. The number of ether oxygens (including phenoxy) is 2. The monoisotopic (exact) mass is 421 g/mol. The molecule has 0 aromatic heterocycles. The molecule has 2 aliphatic heterocycles. The van der Waals surface area contributed by atoms with Crippen LogP contribution >= 0.6 is 0 Å². The first-order valence-corrected chi connectivity index (χ1v) is 10.1. The van der Waals surface area contributed by atoms with E-state index in [4.69, 9.17) is 9.47 Å². The average Bonchev–Trinajstić information content (AvgIpc) is 3.45. The largest absolute Gasteiger partial charge is 0.497 e. The van der Waals surface area contributed by atoms with Gasteiger partial charge < -0.3 is 14.8 Å². The van der Waals surface area contributed by atoms with Crippen LogP contribution in [-0.2, 0) is 19.1 Å². The van der Waals surface area contributed by atoms with Gasteiger partial charge in [-0.2, -0.15) is 5.10 Å². The van der Waals surface area contributed by atoms with E-state index in [0.29, 0.717) is 12.8 Å². The van der Waals surface area contributed by atoms with Crippen LogP contribution in [-0.4, -0.2) is 48.3 Å². The van der Waals surface area contributed by atoms with Crippen LogP contribution < -0.4 is 10.1 Å². The quantitative estimate of drug-likeness (QED) is 0.721. The van der Waals surface area contributed by atoms with Crippen molar-refractivity contribution >= 4 is 23.5 Å². The van der Waals surface area contributed by atoms with Gasteiger partial charge >= 0.3 is 5.97 Å². The van der Waals surface area contributed by atoms with Gasteiger partial charge in [0, 0.05) is 12.8 Å². The van der Waals surface area contributed by atoms with Gasteiger partial charge in [-0.05, 0) is 29.7 Å². The molecule has 4 rings (SSSR count). The van der Waals surface area contributed by atoms with Crippen molar-refractivity contribution in [3.05, 3.63) is 65.7 Å². The lowest BCUT2D eigenvalue weighted by molar-refractivity contribution is -0.154. The van der Waals surface area contributed by atoms with Crippen molar-refractivity contribution in [2.75, 3.05) is 13.7 Å². The highest BCUT2D eigenvalue weighted by atomic mass is 16.5. The highest BCUT2D eigenvalue weighted by molar-refractivity contribution is 6.03. The maximum Gasteiger partial charge on any atom is 0.329 e. The van der Waals surface area contributed by atoms with E-state index in [1.807, 2.05) is 54.6 Å². The van der Waals surface area contributed by atoms with Gasteiger partial charge in [0.1, 0.15) is 11.8 Å². The van der Waals surface area contributed by atoms with E-state index >= 15 is 0 Å². The molecule has 160 valence electrons. The standard InChI is InChI=1S/C23H23N3O5/c1-30-17-9-7-16(8-10-17)20-13-19(15-5-3-2-4-6-15)25-26(20)22(28)14-31-23(29)18-11-12-21(27)24-18/h2-10,18,20H,11-14H2,1H3,(H,24,27)/t18-,20+/m1/s1. The van der Waals surface area contributed by atoms with Gasteiger partial charge in [0.05, 0.1) is 18.9 Å². The number of esters is 1. The Bertz CT molecular complexity index is 1000. The van der Waals surface area contributed by atoms with Crippen LogP contribution in [0.25, 0.3) is 0 Å². The summed E-state index contributed by atoms with van der Waals surface area (Å²) in [5.41, 5.74) is 2.62. The summed E-state index contributed by atoms with van der Waals surface area (Å²) in [4.78, 5) is 36.4. The summed E-state index contributed by atoms with van der Waals surface area (Å²) >= 11 is 0. The number of carbonyl (C=O) groups is 3. The molecule has 0 aliphatic carbocycles. The zero-order valence-corrected chi connectivity index (χ0v) is 17.1. The second-order valence-corrected chi connectivity index (χ2v) is 7.41. The number of carbonyl (C=O) groups excluding carboxylic acids is 3. The van der Waals surface area contributed by atoms with Crippen LogP contribution in [0, 0.1) is 0 Å². The summed E-state index contributed by atoms with van der Waals surface area (Å²) in [6, 6.07) is 16.1. The van der Waals surface area contributed by atoms with Crippen LogP contribution in [0.3, 0.4) is 0 Å². The van der Waals surface area contributed by atoms with Gasteiger partial charge in [-0.3, -0.25) is 9.59 Å². The van der Waals surface area contributed by atoms with E-state index in [-0.39, 0.29) is 18.4 Å². The molecule has 0 unspecified atom stereocenters. The van der Waals surface area contributed by atoms with Gasteiger partial charge in [0.15, 0.2) is 6.61 Å². The van der Waals surface area contributed by atoms with Crippen molar-refractivity contribution in [3.8, 4) is 5.75 Å². The molecule has 0 radical (unpaired) electrons. The fraction of sp³-hybridized carbons (Fsp3) is 0.304. The highest BCUT2D eigenvalue weighted by Gasteiger charge is 2.34. The van der Waals surface area contributed by atoms with Crippen LogP contribution in [0.4, 0.5) is 0 Å². The molecule has 2 aromatic rings. The number of methoxy groups -OCH3 is 1. The van der Waals surface area contributed by atoms with E-state index < -0.39 is 24.5 Å². The first-order valence-electron chi connectivity index (χ1n) is 10.1. The molecule has 1 N–H and O–H groups in total. The summed E-state index contributed by atoms with van der Waals surface area (Å²) in [6.07, 6.45) is 1.19. The lowest BCUT2D eigenvalue weighted by Crippen LogP contribution is -2.37. The first-order chi connectivity index (χ1) is 15.0. The molecule has 0 spiro atoms. The Morgan fingerprint density at radius 2 is 1.87 bits per heavy atom. The zero-order valence-electron chi connectivity index (χ0n) is 17.1. The van der Waals surface area contributed by atoms with Gasteiger partial charge in [-0.15, -0.1) is 0 Å². The Morgan fingerprint density at radius 1 is 1.13 bits per heavy atom. The molecule has 2 aliphatic rings. The van der Waals surface area contributed by atoms with E-state index in [9.17, 15) is 14.4 Å². The van der Waals surface area contributed by atoms with Crippen LogP contribution in [0.2, 0.25) is 0 Å². The molecule has 31 heavy (non-hydrogen) atoms. The predicted octanol–water partition coefficient (Wildman–Crippen LogP) is 2.19. The van der Waals surface area contributed by atoms with E-state index in [1.54, 1.807) is 7.11 Å². The molecule has 8 nitrogen and oxygen atoms in total. The third-order valence-corrected chi connectivity index (χ3v) is 5.39. The van der Waals surface area contributed by atoms with Crippen LogP contribution in [0.15, 0.2) is 59.7 Å². The van der Waals surface area contributed by atoms with Crippen molar-refractivity contribution in [2.24, 2.45) is 5.10 Å². The number of amides is 2. The molecule has 0 bridgehead atoms. The fourth-order valence-electron chi connectivity index (χ4n) is 3.72. The molecule has 2 amide bonds. The molecule has 2 atom stereocenters. The maximum atomic E-state index is 12.9. The number of benzene rings is 2. The van der Waals surface area contributed by atoms with Crippen molar-refractivity contribution in [1.29, 1.82) is 0 Å². The molecular weight excluding hydrogens is 398 g/mol. The van der Waals surface area contributed by atoms with Gasteiger partial charge in [0.25, 0.3) is 5.91 Å². The number of hydrogen-bond donors (Lipinski definition) is 1. The fourth-order valence-corrected chi connectivity index (χ4v) is 3.72. The molecule has 8 heteroatoms. The van der Waals surface area contributed by atoms with Crippen molar-refractivity contribution in [3.63, 3.8) is 0 Å². The number of nitrogens with zero attached hydrogens (tertiary/aromatic N) is 2. The minimum absolute atomic E-state index is 0.190. The molecular formula is C23H23N3O5. The molecule has 2 heterocycles. The Balaban J connectivity index is 1.51. The zero-order chi connectivity index (χ0) is 21.8. The SMILES string of the molecule is COc1ccc([C@@H]2CC(c3ccccc3)=NN2C(=O)COC(=O)[C@H]2CCC(=O)N2)cc1. The third kappa shape index (κ3) is 4.58. The van der Waals surface area contributed by atoms with Crippen molar-refractivity contribution in [2.45, 2.75) is 31.3 Å². The number of nitrogens with one attached hydrogen (secondary N) is 1. The van der Waals surface area contributed by atoms with E-state index in [0.717, 1.165) is 22.6 Å². The second-order valence-electron chi connectivity index (χ2n) is 7.41. The van der Waals surface area contributed by atoms with Crippen molar-refractivity contribution in [1.82, 2.24) is 10.3 Å². The lowest BCUT2D eigenvalue weighted by Gasteiger charge is -2.22. The minimum atomic E-state index is -0.695. The summed E-state index contributed by atoms with van der Waals surface area (Å²) in [7, 11) is 1.60. The summed E-state index contributed by atoms with van der Waals surface area (Å²) in [5.74, 6) is -0.503. The smallest absolute Gasteiger partial charge is 0.329 e. The van der Waals surface area contributed by atoms with Crippen molar-refractivity contribution < 1.29 is 23.9 Å². The van der Waals surface area contributed by atoms with Crippen LogP contribution in [0.1, 0.15) is 36.4 Å². The Kier molecular flexibility index (Phi) is 5.97. The molecule has 1 fully saturated rings. The molecule has 2 aromatic carbocycles. The number of hydrazone groups is 1. The van der Waals surface area contributed by atoms with Gasteiger partial charge in [-0.25, -0.2) is 9.80 Å². The van der Waals surface area contributed by atoms with E-state index in [2.05, 4.69) is 10.4 Å². The summed E-state index contributed by atoms with van der Waals surface area (Å²) in [5, 5.41) is 8.48. The second kappa shape index (κ2) is 8.99. The maximum absolute atomic E-state index is 12.9. The van der Waals surface area contributed by atoms with E-state index in [1.165, 1.54) is 5.01 Å². The minimum Gasteiger partial charge on any atom is -0.497 e. The Morgan fingerprint density at radius 3 is 2.52 bits per heavy atom. The Hall–Kier alpha value is -3.68. The number of rotatable bonds is 6. The number of hydrogen-bond acceptors (Lipinski definition) is 6. The Labute approximate surface area is 179 Å². The molecule has 1 saturated heterocycles. The molecule has 0 saturated carbocycles. The topological polar surface area (TPSA) is 97.3 Å². The van der Waals surface area contributed by atoms with Gasteiger partial charge in [0.2, 0.25) is 5.91 Å². The third-order valence-electron chi connectivity index (χ3n) is 5.39. The van der Waals surface area contributed by atoms with Gasteiger partial charge in [-0.1, -0.05) is 42.5 Å². The predicted molar refractivity (Wildman–Crippen MR) is 112 cm³/mol. The summed E-state index contributed by atoms with van der Waals surface area (Å²) in [6.45, 7) is -0.441. The highest BCUT2D eigenvalue weighted by Crippen LogP contribution is 2.33. The summed E-state index contributed by atoms with van der Waals surface area (Å²) < 4.78 is 10.4. The lowest BCUT2D eigenvalue weighted by atomic mass is 9.98. The average molecular weight is 421 g/mol. The van der Waals surface area contributed by atoms with Crippen LogP contribution in [0.5, 0.6) is 5.75 Å².